The van der Waals surface area contributed by atoms with Crippen molar-refractivity contribution in [1.29, 1.82) is 0 Å². The fourth-order valence-electron chi connectivity index (χ4n) is 2.78. The number of aromatic nitrogens is 1. The minimum absolute atomic E-state index is 0.0225. The lowest BCUT2D eigenvalue weighted by Gasteiger charge is -2.15. The Bertz CT molecular complexity index is 953. The molecule has 22 heavy (non-hydrogen) atoms. The third kappa shape index (κ3) is 1.95. The molecule has 1 aliphatic heterocycles. The van der Waals surface area contributed by atoms with E-state index in [0.717, 1.165) is 27.2 Å². The lowest BCUT2D eigenvalue weighted by atomic mass is 10.0. The van der Waals surface area contributed by atoms with Gasteiger partial charge in [0.15, 0.2) is 0 Å². The largest absolute Gasteiger partial charge is 0.360 e. The maximum atomic E-state index is 11.8. The molecule has 1 aliphatic rings. The summed E-state index contributed by atoms with van der Waals surface area (Å²) in [6, 6.07) is 12.2. The maximum Gasteiger partial charge on any atom is 0.268 e. The van der Waals surface area contributed by atoms with Crippen LogP contribution in [0.4, 0.5) is 0 Å². The second-order valence-electron chi connectivity index (χ2n) is 5.24. The molecule has 3 aromatic rings. The average molecular weight is 291 g/mol. The quantitative estimate of drug-likeness (QED) is 0.599. The number of benzene rings is 2. The Kier molecular flexibility index (Phi) is 2.72. The second-order valence-corrected chi connectivity index (χ2v) is 5.24. The van der Waals surface area contributed by atoms with E-state index in [9.17, 15) is 9.59 Å². The number of carbonyl (C=O) groups is 2. The number of aromatic amines is 1. The van der Waals surface area contributed by atoms with Crippen molar-refractivity contribution in [2.75, 3.05) is 6.54 Å². The molecular weight excluding hydrogens is 278 g/mol. The molecule has 2 amide bonds. The molecule has 1 saturated heterocycles. The molecule has 4 rings (SSSR count). The molecule has 1 fully saturated rings. The third-order valence-electron chi connectivity index (χ3n) is 3.84. The van der Waals surface area contributed by atoms with Crippen LogP contribution in [0.1, 0.15) is 5.56 Å². The van der Waals surface area contributed by atoms with E-state index in [1.54, 1.807) is 6.08 Å². The summed E-state index contributed by atoms with van der Waals surface area (Å²) >= 11 is 0. The molecule has 0 radical (unpaired) electrons. The highest BCUT2D eigenvalue weighted by Gasteiger charge is 2.19. The molecule has 0 bridgehead atoms. The van der Waals surface area contributed by atoms with Crippen LogP contribution in [0.5, 0.6) is 0 Å². The van der Waals surface area contributed by atoms with Crippen LogP contribution >= 0.6 is 0 Å². The number of H-pyrrole nitrogens is 1. The maximum absolute atomic E-state index is 11.8. The average Bonchev–Trinajstić information content (AvgIpc) is 2.94. The fourth-order valence-corrected chi connectivity index (χ4v) is 2.78. The molecule has 0 aliphatic carbocycles. The first-order chi connectivity index (χ1) is 10.7. The molecular formula is C17H13N3O2. The topological polar surface area (TPSA) is 74.0 Å². The van der Waals surface area contributed by atoms with Crippen LogP contribution in [0.2, 0.25) is 0 Å². The molecule has 0 atom stereocenters. The van der Waals surface area contributed by atoms with Gasteiger partial charge < -0.3 is 15.6 Å². The van der Waals surface area contributed by atoms with Gasteiger partial charge in [0.2, 0.25) is 5.91 Å². The van der Waals surface area contributed by atoms with Crippen molar-refractivity contribution in [2.45, 2.75) is 0 Å². The molecule has 3 N–H and O–H groups in total. The molecule has 1 aromatic heterocycles. The highest BCUT2D eigenvalue weighted by Crippen LogP contribution is 2.28. The van der Waals surface area contributed by atoms with E-state index in [0.29, 0.717) is 0 Å². The number of hydrogen-bond acceptors (Lipinski definition) is 2. The summed E-state index contributed by atoms with van der Waals surface area (Å²) in [6.07, 6.45) is 3.54. The number of nitrogens with one attached hydrogen (secondary N) is 3. The summed E-state index contributed by atoms with van der Waals surface area (Å²) in [5.41, 5.74) is 2.16. The number of amides is 2. The first kappa shape index (κ1) is 12.6. The van der Waals surface area contributed by atoms with Crippen molar-refractivity contribution in [3.8, 4) is 0 Å². The van der Waals surface area contributed by atoms with E-state index in [1.807, 2.05) is 30.5 Å². The van der Waals surface area contributed by atoms with Gasteiger partial charge in [-0.15, -0.1) is 0 Å². The van der Waals surface area contributed by atoms with Crippen LogP contribution in [0.15, 0.2) is 48.3 Å². The Morgan fingerprint density at radius 3 is 2.77 bits per heavy atom. The number of hydrogen-bond donors (Lipinski definition) is 3. The van der Waals surface area contributed by atoms with Crippen LogP contribution in [0.25, 0.3) is 27.8 Å². The van der Waals surface area contributed by atoms with Gasteiger partial charge in [-0.05, 0) is 11.5 Å². The second kappa shape index (κ2) is 4.73. The van der Waals surface area contributed by atoms with Crippen molar-refractivity contribution in [3.63, 3.8) is 0 Å². The van der Waals surface area contributed by atoms with Gasteiger partial charge in [-0.2, -0.15) is 0 Å². The van der Waals surface area contributed by atoms with Crippen molar-refractivity contribution < 1.29 is 9.59 Å². The Hall–Kier alpha value is -3.08. The predicted octanol–water partition coefficient (Wildman–Crippen LogP) is 1.91. The van der Waals surface area contributed by atoms with E-state index in [4.69, 9.17) is 0 Å². The van der Waals surface area contributed by atoms with Crippen molar-refractivity contribution in [1.82, 2.24) is 15.6 Å². The number of piperazine rings is 1. The number of rotatable bonds is 1. The third-order valence-corrected chi connectivity index (χ3v) is 3.84. The standard InChI is InChI=1S/C17H13N3O2/c21-15-9-19-17(22)14(20-15)7-11-8-18-16-12-4-2-1-3-10(12)5-6-13(11)16/h1-8,18H,9H2,(H,19,22)(H,20,21). The van der Waals surface area contributed by atoms with E-state index in [2.05, 4.69) is 27.8 Å². The zero-order chi connectivity index (χ0) is 15.1. The smallest absolute Gasteiger partial charge is 0.268 e. The van der Waals surface area contributed by atoms with Gasteiger partial charge in [0.05, 0.1) is 12.1 Å². The first-order valence-electron chi connectivity index (χ1n) is 7.01. The van der Waals surface area contributed by atoms with Crippen molar-refractivity contribution >= 4 is 39.6 Å². The SMILES string of the molecule is O=C1CNC(=O)C(=Cc2c[nH]c3c2ccc2ccccc23)N1. The number of fused-ring (bicyclic) bond motifs is 3. The van der Waals surface area contributed by atoms with E-state index in [-0.39, 0.29) is 24.1 Å². The van der Waals surface area contributed by atoms with Crippen LogP contribution in [0, 0.1) is 0 Å². The van der Waals surface area contributed by atoms with E-state index >= 15 is 0 Å². The number of carbonyl (C=O) groups excluding carboxylic acids is 2. The molecule has 0 spiro atoms. The van der Waals surface area contributed by atoms with E-state index < -0.39 is 0 Å². The molecule has 108 valence electrons. The summed E-state index contributed by atoms with van der Waals surface area (Å²) in [4.78, 5) is 26.5. The minimum atomic E-state index is -0.269. The lowest BCUT2D eigenvalue weighted by molar-refractivity contribution is -0.127. The first-order valence-corrected chi connectivity index (χ1v) is 7.01. The van der Waals surface area contributed by atoms with Gasteiger partial charge in [-0.1, -0.05) is 36.4 Å². The molecule has 5 heteroatoms. The van der Waals surface area contributed by atoms with Gasteiger partial charge in [-0.25, -0.2) is 0 Å². The monoisotopic (exact) mass is 291 g/mol. The summed E-state index contributed by atoms with van der Waals surface area (Å²) in [5, 5.41) is 8.44. The van der Waals surface area contributed by atoms with Gasteiger partial charge >= 0.3 is 0 Å². The summed E-state index contributed by atoms with van der Waals surface area (Å²) in [5.74, 6) is -0.481. The predicted molar refractivity (Wildman–Crippen MR) is 84.9 cm³/mol. The Labute approximate surface area is 126 Å². The van der Waals surface area contributed by atoms with Crippen LogP contribution < -0.4 is 10.6 Å². The zero-order valence-electron chi connectivity index (χ0n) is 11.6. The Morgan fingerprint density at radius 2 is 1.86 bits per heavy atom. The summed E-state index contributed by atoms with van der Waals surface area (Å²) in [7, 11) is 0. The van der Waals surface area contributed by atoms with Crippen LogP contribution in [0.3, 0.4) is 0 Å². The van der Waals surface area contributed by atoms with Gasteiger partial charge in [0.1, 0.15) is 5.70 Å². The minimum Gasteiger partial charge on any atom is -0.360 e. The van der Waals surface area contributed by atoms with Crippen molar-refractivity contribution in [3.05, 3.63) is 53.9 Å². The van der Waals surface area contributed by atoms with Gasteiger partial charge in [0, 0.05) is 22.5 Å². The molecule has 2 aromatic carbocycles. The molecule has 5 nitrogen and oxygen atoms in total. The Morgan fingerprint density at radius 1 is 1.00 bits per heavy atom. The van der Waals surface area contributed by atoms with Gasteiger partial charge in [0.25, 0.3) is 5.91 Å². The molecule has 2 heterocycles. The molecule has 0 saturated carbocycles. The van der Waals surface area contributed by atoms with Crippen LogP contribution in [-0.2, 0) is 9.59 Å². The highest BCUT2D eigenvalue weighted by atomic mass is 16.2. The Balaban J connectivity index is 1.87. The highest BCUT2D eigenvalue weighted by molar-refractivity contribution is 6.11. The normalized spacial score (nSPS) is 17.0. The van der Waals surface area contributed by atoms with Crippen molar-refractivity contribution in [2.24, 2.45) is 0 Å². The van der Waals surface area contributed by atoms with Gasteiger partial charge in [-0.3, -0.25) is 9.59 Å². The zero-order valence-corrected chi connectivity index (χ0v) is 11.6. The lowest BCUT2D eigenvalue weighted by Crippen LogP contribution is -2.46. The summed E-state index contributed by atoms with van der Waals surface area (Å²) in [6.45, 7) is 0.0225. The van der Waals surface area contributed by atoms with Crippen LogP contribution in [-0.4, -0.2) is 23.3 Å². The summed E-state index contributed by atoms with van der Waals surface area (Å²) < 4.78 is 0. The fraction of sp³-hybridized carbons (Fsp3) is 0.0588. The van der Waals surface area contributed by atoms with E-state index in [1.165, 1.54) is 0 Å². The molecule has 0 unspecified atom stereocenters.